The maximum atomic E-state index is 14.1. The van der Waals surface area contributed by atoms with Gasteiger partial charge in [0.1, 0.15) is 12.6 Å². The van der Waals surface area contributed by atoms with Crippen LogP contribution in [0.5, 0.6) is 0 Å². The molecule has 0 aliphatic heterocycles. The molecule has 1 unspecified atom stereocenters. The normalized spacial score (nSPS) is 14.5. The number of halogens is 2. The first kappa shape index (κ1) is 30.9. The molecule has 1 saturated carbocycles. The Morgan fingerprint density at radius 3 is 2.29 bits per heavy atom. The average molecular weight is 617 g/mol. The van der Waals surface area contributed by atoms with Crippen molar-refractivity contribution in [1.29, 1.82) is 0 Å². The molecule has 2 amide bonds. The van der Waals surface area contributed by atoms with Gasteiger partial charge < -0.3 is 10.2 Å². The summed E-state index contributed by atoms with van der Waals surface area (Å²) in [5.41, 5.74) is 2.65. The van der Waals surface area contributed by atoms with Gasteiger partial charge in [-0.2, -0.15) is 0 Å². The molecule has 3 aromatic carbocycles. The lowest BCUT2D eigenvalue weighted by Crippen LogP contribution is -2.52. The van der Waals surface area contributed by atoms with Crippen molar-refractivity contribution in [3.8, 4) is 0 Å². The van der Waals surface area contributed by atoms with E-state index in [-0.39, 0.29) is 29.1 Å². The zero-order valence-corrected chi connectivity index (χ0v) is 25.8. The minimum absolute atomic E-state index is 0.0426. The van der Waals surface area contributed by atoms with Crippen LogP contribution < -0.4 is 9.62 Å². The Morgan fingerprint density at radius 2 is 1.66 bits per heavy atom. The number of carbonyl (C=O) groups is 2. The highest BCUT2D eigenvalue weighted by Crippen LogP contribution is 2.29. The summed E-state index contributed by atoms with van der Waals surface area (Å²) in [6, 6.07) is 17.6. The van der Waals surface area contributed by atoms with E-state index in [1.807, 2.05) is 19.9 Å². The van der Waals surface area contributed by atoms with Crippen LogP contribution in [0.25, 0.3) is 0 Å². The molecule has 3 aromatic rings. The molecule has 0 radical (unpaired) electrons. The highest BCUT2D eigenvalue weighted by molar-refractivity contribution is 7.92. The van der Waals surface area contributed by atoms with E-state index in [0.29, 0.717) is 10.0 Å². The smallest absolute Gasteiger partial charge is 0.264 e. The van der Waals surface area contributed by atoms with Crippen LogP contribution in [0.2, 0.25) is 10.0 Å². The molecule has 41 heavy (non-hydrogen) atoms. The molecule has 218 valence electrons. The fourth-order valence-electron chi connectivity index (χ4n) is 4.91. The van der Waals surface area contributed by atoms with Gasteiger partial charge in [0.15, 0.2) is 0 Å². The Kier molecular flexibility index (Phi) is 10.00. The second-order valence-corrected chi connectivity index (χ2v) is 13.3. The van der Waals surface area contributed by atoms with E-state index in [0.717, 1.165) is 46.7 Å². The predicted molar refractivity (Wildman–Crippen MR) is 164 cm³/mol. The lowest BCUT2D eigenvalue weighted by Gasteiger charge is -2.32. The molecule has 0 aromatic heterocycles. The number of benzene rings is 3. The van der Waals surface area contributed by atoms with Crippen molar-refractivity contribution in [2.24, 2.45) is 0 Å². The number of nitrogens with zero attached hydrogens (tertiary/aromatic N) is 2. The molecule has 0 saturated heterocycles. The highest BCUT2D eigenvalue weighted by Gasteiger charge is 2.33. The number of nitrogens with one attached hydrogen (secondary N) is 1. The van der Waals surface area contributed by atoms with E-state index < -0.39 is 28.5 Å². The van der Waals surface area contributed by atoms with Crippen LogP contribution >= 0.6 is 23.2 Å². The summed E-state index contributed by atoms with van der Waals surface area (Å²) in [7, 11) is -4.17. The van der Waals surface area contributed by atoms with Gasteiger partial charge in [0.05, 0.1) is 10.6 Å². The van der Waals surface area contributed by atoms with Gasteiger partial charge in [-0.05, 0) is 81.1 Å². The standard InChI is InChI=1S/C31H35Cl2N3O4S/c1-21-11-15-28(16-12-21)41(39,40)36(27-14-13-22(2)29(33)18-27)20-30(37)35(19-24-7-6-8-25(32)17-24)23(3)31(38)34-26-9-4-5-10-26/h6-8,11-18,23,26H,4-5,9-10,19-20H2,1-3H3,(H,34,38). The van der Waals surface area contributed by atoms with Crippen molar-refractivity contribution in [3.63, 3.8) is 0 Å². The van der Waals surface area contributed by atoms with Gasteiger partial charge in [-0.25, -0.2) is 8.42 Å². The molecule has 1 fully saturated rings. The minimum Gasteiger partial charge on any atom is -0.352 e. The molecular formula is C31H35Cl2N3O4S. The first-order chi connectivity index (χ1) is 19.5. The summed E-state index contributed by atoms with van der Waals surface area (Å²) in [6.45, 7) is 4.88. The number of sulfonamides is 1. The summed E-state index contributed by atoms with van der Waals surface area (Å²) in [5, 5.41) is 3.93. The summed E-state index contributed by atoms with van der Waals surface area (Å²) in [6.07, 6.45) is 3.90. The second-order valence-electron chi connectivity index (χ2n) is 10.6. The van der Waals surface area contributed by atoms with Gasteiger partial charge in [0.25, 0.3) is 10.0 Å². The zero-order valence-electron chi connectivity index (χ0n) is 23.4. The molecule has 4 rings (SSSR count). The van der Waals surface area contributed by atoms with E-state index in [1.54, 1.807) is 49.4 Å². The Balaban J connectivity index is 1.70. The average Bonchev–Trinajstić information content (AvgIpc) is 3.44. The molecule has 0 heterocycles. The maximum absolute atomic E-state index is 14.1. The fourth-order valence-corrected chi connectivity index (χ4v) is 6.70. The van der Waals surface area contributed by atoms with Crippen molar-refractivity contribution in [1.82, 2.24) is 10.2 Å². The quantitative estimate of drug-likeness (QED) is 0.291. The number of amides is 2. The molecule has 0 spiro atoms. The third-order valence-electron chi connectivity index (χ3n) is 7.44. The monoisotopic (exact) mass is 615 g/mol. The van der Waals surface area contributed by atoms with Crippen LogP contribution in [0.1, 0.15) is 49.3 Å². The summed E-state index contributed by atoms with van der Waals surface area (Å²) >= 11 is 12.6. The van der Waals surface area contributed by atoms with Gasteiger partial charge in [-0.15, -0.1) is 0 Å². The maximum Gasteiger partial charge on any atom is 0.264 e. The zero-order chi connectivity index (χ0) is 29.7. The Morgan fingerprint density at radius 1 is 0.976 bits per heavy atom. The van der Waals surface area contributed by atoms with E-state index in [9.17, 15) is 18.0 Å². The van der Waals surface area contributed by atoms with Gasteiger partial charge >= 0.3 is 0 Å². The number of carbonyl (C=O) groups excluding carboxylic acids is 2. The van der Waals surface area contributed by atoms with Gasteiger partial charge in [-0.3, -0.25) is 13.9 Å². The number of anilines is 1. The molecule has 10 heteroatoms. The molecule has 1 aliphatic rings. The number of hydrogen-bond acceptors (Lipinski definition) is 4. The fraction of sp³-hybridized carbons (Fsp3) is 0.355. The second kappa shape index (κ2) is 13.3. The van der Waals surface area contributed by atoms with Crippen molar-refractivity contribution in [3.05, 3.63) is 93.5 Å². The van der Waals surface area contributed by atoms with Crippen LogP contribution in [0, 0.1) is 13.8 Å². The molecular weight excluding hydrogens is 581 g/mol. The first-order valence-electron chi connectivity index (χ1n) is 13.7. The first-order valence-corrected chi connectivity index (χ1v) is 15.8. The van der Waals surface area contributed by atoms with Gasteiger partial charge in [-0.1, -0.05) is 71.9 Å². The lowest BCUT2D eigenvalue weighted by atomic mass is 10.1. The number of aryl methyl sites for hydroxylation is 2. The van der Waals surface area contributed by atoms with Crippen LogP contribution in [-0.2, 0) is 26.2 Å². The van der Waals surface area contributed by atoms with Crippen LogP contribution in [0.15, 0.2) is 71.6 Å². The lowest BCUT2D eigenvalue weighted by molar-refractivity contribution is -0.139. The molecule has 1 N–H and O–H groups in total. The third kappa shape index (κ3) is 7.61. The summed E-state index contributed by atoms with van der Waals surface area (Å²) < 4.78 is 29.0. The highest BCUT2D eigenvalue weighted by atomic mass is 35.5. The third-order valence-corrected chi connectivity index (χ3v) is 9.87. The van der Waals surface area contributed by atoms with Gasteiger partial charge in [0.2, 0.25) is 11.8 Å². The Hall–Kier alpha value is -3.07. The van der Waals surface area contributed by atoms with Crippen molar-refractivity contribution in [2.45, 2.75) is 70.0 Å². The van der Waals surface area contributed by atoms with Crippen molar-refractivity contribution in [2.75, 3.05) is 10.8 Å². The van der Waals surface area contributed by atoms with E-state index >= 15 is 0 Å². The largest absolute Gasteiger partial charge is 0.352 e. The summed E-state index contributed by atoms with van der Waals surface area (Å²) in [4.78, 5) is 28.8. The van der Waals surface area contributed by atoms with Gasteiger partial charge in [0, 0.05) is 22.6 Å². The Labute approximate surface area is 252 Å². The number of hydrogen-bond donors (Lipinski definition) is 1. The molecule has 1 aliphatic carbocycles. The van der Waals surface area contributed by atoms with E-state index in [4.69, 9.17) is 23.2 Å². The minimum atomic E-state index is -4.17. The topological polar surface area (TPSA) is 86.8 Å². The van der Waals surface area contributed by atoms with Crippen molar-refractivity contribution >= 4 is 50.7 Å². The van der Waals surface area contributed by atoms with Crippen LogP contribution in [-0.4, -0.2) is 43.8 Å². The van der Waals surface area contributed by atoms with Crippen LogP contribution in [0.3, 0.4) is 0 Å². The number of rotatable bonds is 10. The molecule has 1 atom stereocenters. The molecule has 0 bridgehead atoms. The Bertz CT molecular complexity index is 1510. The van der Waals surface area contributed by atoms with Crippen molar-refractivity contribution < 1.29 is 18.0 Å². The van der Waals surface area contributed by atoms with Crippen LogP contribution in [0.4, 0.5) is 5.69 Å². The summed E-state index contributed by atoms with van der Waals surface area (Å²) in [5.74, 6) is -0.815. The molecule has 7 nitrogen and oxygen atoms in total. The SMILES string of the molecule is Cc1ccc(S(=O)(=O)N(CC(=O)N(Cc2cccc(Cl)c2)C(C)C(=O)NC2CCCC2)c2ccc(C)c(Cl)c2)cc1. The predicted octanol–water partition coefficient (Wildman–Crippen LogP) is 6.28. The van der Waals surface area contributed by atoms with E-state index in [1.165, 1.54) is 23.1 Å². The van der Waals surface area contributed by atoms with E-state index in [2.05, 4.69) is 5.32 Å².